The molecular weight excluding hydrogens is 482 g/mol. The summed E-state index contributed by atoms with van der Waals surface area (Å²) < 4.78 is 26.4. The van der Waals surface area contributed by atoms with Crippen LogP contribution in [-0.2, 0) is 35.0 Å². The van der Waals surface area contributed by atoms with E-state index < -0.39 is 53.1 Å². The molecule has 0 fully saturated rings. The van der Waals surface area contributed by atoms with Crippen molar-refractivity contribution in [2.75, 3.05) is 0 Å². The quantitative estimate of drug-likeness (QED) is 0.367. The number of rotatable bonds is 9. The van der Waals surface area contributed by atoms with E-state index >= 15 is 0 Å². The fourth-order valence-corrected chi connectivity index (χ4v) is 2.52. The Hall–Kier alpha value is -3.14. The minimum absolute atomic E-state index is 0.0367. The third kappa shape index (κ3) is 10.8. The van der Waals surface area contributed by atoms with Crippen LogP contribution in [0.2, 0.25) is 0 Å². The zero-order valence-corrected chi connectivity index (χ0v) is 23.5. The molecule has 0 aromatic heterocycles. The molecule has 0 radical (unpaired) electrons. The van der Waals surface area contributed by atoms with Gasteiger partial charge in [0.05, 0.1) is 16.9 Å². The summed E-state index contributed by atoms with van der Waals surface area (Å²) >= 11 is 0. The highest BCUT2D eigenvalue weighted by atomic mass is 16.7. The van der Waals surface area contributed by atoms with Gasteiger partial charge in [-0.1, -0.05) is 6.07 Å². The normalized spacial score (nSPS) is 14.3. The first-order valence-electron chi connectivity index (χ1n) is 12.2. The summed E-state index contributed by atoms with van der Waals surface area (Å²) in [4.78, 5) is 49.2. The minimum atomic E-state index is -1.06. The van der Waals surface area contributed by atoms with Gasteiger partial charge < -0.3 is 29.4 Å². The first kappa shape index (κ1) is 31.9. The third-order valence-corrected chi connectivity index (χ3v) is 4.97. The molecule has 37 heavy (non-hydrogen) atoms. The number of nitrogens with two attached hydrogens (primary N) is 1. The monoisotopic (exact) mass is 523 g/mol. The maximum atomic E-state index is 12.6. The zero-order chi connectivity index (χ0) is 28.7. The number of carbonyl (C=O) groups excluding carboxylic acids is 4. The van der Waals surface area contributed by atoms with Gasteiger partial charge in [0.25, 0.3) is 0 Å². The van der Waals surface area contributed by atoms with Gasteiger partial charge in [0.1, 0.15) is 18.2 Å². The second-order valence-electron chi connectivity index (χ2n) is 11.3. The molecule has 1 aromatic rings. The first-order valence-corrected chi connectivity index (χ1v) is 12.2. The molecule has 208 valence electrons. The van der Waals surface area contributed by atoms with Gasteiger partial charge in [-0.15, -0.1) is 0 Å². The SMILES string of the molecule is CC(C)OC(=O)OC(C)[C@H](C)OC(=O)[C@@H](N)Cc1ccc(OC(=O)C(C)(C)C)c(OC(=O)C(C)(C)C)c1. The largest absolute Gasteiger partial charge is 0.508 e. The average molecular weight is 524 g/mol. The molecule has 0 spiro atoms. The van der Waals surface area contributed by atoms with Gasteiger partial charge in [-0.05, 0) is 93.4 Å². The van der Waals surface area contributed by atoms with Gasteiger partial charge in [-0.2, -0.15) is 0 Å². The van der Waals surface area contributed by atoms with Crippen molar-refractivity contribution in [3.63, 3.8) is 0 Å². The smallest absolute Gasteiger partial charge is 0.458 e. The molecule has 0 aliphatic rings. The third-order valence-electron chi connectivity index (χ3n) is 4.97. The van der Waals surface area contributed by atoms with E-state index in [0.29, 0.717) is 5.56 Å². The lowest BCUT2D eigenvalue weighted by atomic mass is 9.97. The van der Waals surface area contributed by atoms with Crippen LogP contribution in [0.3, 0.4) is 0 Å². The van der Waals surface area contributed by atoms with E-state index in [1.807, 2.05) is 0 Å². The maximum absolute atomic E-state index is 12.6. The van der Waals surface area contributed by atoms with E-state index in [1.54, 1.807) is 75.3 Å². The molecule has 10 nitrogen and oxygen atoms in total. The first-order chi connectivity index (χ1) is 16.8. The number of hydrogen-bond acceptors (Lipinski definition) is 10. The van der Waals surface area contributed by atoms with Crippen LogP contribution in [0.15, 0.2) is 18.2 Å². The van der Waals surface area contributed by atoms with Gasteiger partial charge in [0, 0.05) is 0 Å². The molecule has 1 rings (SSSR count). The molecule has 0 bridgehead atoms. The molecule has 2 N–H and O–H groups in total. The Bertz CT molecular complexity index is 973. The maximum Gasteiger partial charge on any atom is 0.508 e. The summed E-state index contributed by atoms with van der Waals surface area (Å²) in [5.41, 5.74) is 5.03. The molecule has 0 amide bonds. The highest BCUT2D eigenvalue weighted by molar-refractivity contribution is 5.81. The van der Waals surface area contributed by atoms with E-state index in [2.05, 4.69) is 0 Å². The van der Waals surface area contributed by atoms with Crippen LogP contribution in [0.1, 0.15) is 74.8 Å². The van der Waals surface area contributed by atoms with Crippen molar-refractivity contribution in [1.82, 2.24) is 0 Å². The predicted octanol–water partition coefficient (Wildman–Crippen LogP) is 4.34. The van der Waals surface area contributed by atoms with Crippen LogP contribution in [0.4, 0.5) is 4.79 Å². The molecule has 0 aliphatic heterocycles. The van der Waals surface area contributed by atoms with Gasteiger partial charge in [-0.3, -0.25) is 14.4 Å². The summed E-state index contributed by atoms with van der Waals surface area (Å²) in [7, 11) is 0. The van der Waals surface area contributed by atoms with Crippen molar-refractivity contribution in [1.29, 1.82) is 0 Å². The fourth-order valence-electron chi connectivity index (χ4n) is 2.52. The number of ether oxygens (including phenoxy) is 5. The van der Waals surface area contributed by atoms with Crippen LogP contribution in [-0.4, -0.2) is 48.4 Å². The van der Waals surface area contributed by atoms with Gasteiger partial charge in [0.2, 0.25) is 0 Å². The standard InChI is InChI=1S/C27H41NO9/c1-15(2)33-25(32)35-17(4)16(3)34-22(29)19(28)13-18-11-12-20(36-23(30)26(5,6)7)21(14-18)37-24(31)27(8,9)10/h11-12,14-17,19H,13,28H2,1-10H3/t16-,17?,19-/m0/s1. The van der Waals surface area contributed by atoms with Crippen molar-refractivity contribution in [3.8, 4) is 11.5 Å². The van der Waals surface area contributed by atoms with Crippen LogP contribution in [0, 0.1) is 10.8 Å². The van der Waals surface area contributed by atoms with Crippen molar-refractivity contribution in [2.24, 2.45) is 16.6 Å². The Morgan fingerprint density at radius 3 is 1.73 bits per heavy atom. The van der Waals surface area contributed by atoms with E-state index in [9.17, 15) is 19.2 Å². The number of carbonyl (C=O) groups is 4. The second kappa shape index (κ2) is 12.9. The van der Waals surface area contributed by atoms with Crippen molar-refractivity contribution < 1.29 is 42.9 Å². The number of esters is 3. The molecule has 0 saturated carbocycles. The molecule has 0 heterocycles. The lowest BCUT2D eigenvalue weighted by Crippen LogP contribution is -2.39. The second-order valence-corrected chi connectivity index (χ2v) is 11.3. The zero-order valence-electron chi connectivity index (χ0n) is 23.5. The fraction of sp³-hybridized carbons (Fsp3) is 0.630. The molecular formula is C27H41NO9. The van der Waals surface area contributed by atoms with Crippen LogP contribution in [0.5, 0.6) is 11.5 Å². The van der Waals surface area contributed by atoms with E-state index in [1.165, 1.54) is 12.1 Å². The van der Waals surface area contributed by atoms with Crippen molar-refractivity contribution in [3.05, 3.63) is 23.8 Å². The highest BCUT2D eigenvalue weighted by Crippen LogP contribution is 2.33. The Morgan fingerprint density at radius 1 is 0.757 bits per heavy atom. The predicted molar refractivity (Wildman–Crippen MR) is 136 cm³/mol. The van der Waals surface area contributed by atoms with E-state index in [0.717, 1.165) is 0 Å². The molecule has 0 saturated heterocycles. The Labute approximate surface area is 219 Å². The van der Waals surface area contributed by atoms with Crippen LogP contribution < -0.4 is 15.2 Å². The molecule has 3 atom stereocenters. The average Bonchev–Trinajstić information content (AvgIpc) is 2.73. The minimum Gasteiger partial charge on any atom is -0.458 e. The number of hydrogen-bond donors (Lipinski definition) is 1. The summed E-state index contributed by atoms with van der Waals surface area (Å²) in [6.07, 6.45) is -2.70. The van der Waals surface area contributed by atoms with E-state index in [4.69, 9.17) is 29.4 Å². The van der Waals surface area contributed by atoms with Crippen molar-refractivity contribution in [2.45, 2.75) is 100 Å². The lowest BCUT2D eigenvalue weighted by molar-refractivity contribution is -0.155. The van der Waals surface area contributed by atoms with Crippen LogP contribution in [0.25, 0.3) is 0 Å². The van der Waals surface area contributed by atoms with Gasteiger partial charge >= 0.3 is 24.1 Å². The lowest BCUT2D eigenvalue weighted by Gasteiger charge is -2.23. The van der Waals surface area contributed by atoms with Crippen molar-refractivity contribution >= 4 is 24.1 Å². The molecule has 1 aromatic carbocycles. The number of benzene rings is 1. The van der Waals surface area contributed by atoms with Gasteiger partial charge in [-0.25, -0.2) is 4.79 Å². The Kier molecular flexibility index (Phi) is 11.1. The molecule has 1 unspecified atom stereocenters. The van der Waals surface area contributed by atoms with Gasteiger partial charge in [0.15, 0.2) is 11.5 Å². The summed E-state index contributed by atoms with van der Waals surface area (Å²) in [5.74, 6) is -1.63. The summed E-state index contributed by atoms with van der Waals surface area (Å²) in [5, 5.41) is 0. The summed E-state index contributed by atoms with van der Waals surface area (Å²) in [6, 6.07) is 3.54. The molecule has 10 heteroatoms. The topological polar surface area (TPSA) is 140 Å². The Morgan fingerprint density at radius 2 is 1.24 bits per heavy atom. The summed E-state index contributed by atoms with van der Waals surface area (Å²) in [6.45, 7) is 16.7. The van der Waals surface area contributed by atoms with Crippen LogP contribution >= 0.6 is 0 Å². The van der Waals surface area contributed by atoms with E-state index in [-0.39, 0.29) is 24.0 Å². The molecule has 0 aliphatic carbocycles. The highest BCUT2D eigenvalue weighted by Gasteiger charge is 2.29. The Balaban J connectivity index is 2.99.